The molecule has 1 aromatic rings. The third kappa shape index (κ3) is 1.89. The minimum Gasteiger partial charge on any atom is -0.319 e. The average Bonchev–Trinajstić information content (AvgIpc) is 2.04. The van der Waals surface area contributed by atoms with Crippen LogP contribution in [0.1, 0.15) is 18.7 Å². The summed E-state index contributed by atoms with van der Waals surface area (Å²) in [5, 5.41) is 0. The standard InChI is InChI=1S/C9H11FN2/c1-6(2)9(11)8-4-3-7(10)5-12-8/h3-5,9H,1,11H2,2H3. The molecule has 1 heterocycles. The Bertz CT molecular complexity index is 279. The zero-order valence-corrected chi connectivity index (χ0v) is 6.92. The third-order valence-electron chi connectivity index (χ3n) is 1.60. The van der Waals surface area contributed by atoms with Gasteiger partial charge in [0.2, 0.25) is 0 Å². The molecular weight excluding hydrogens is 155 g/mol. The SMILES string of the molecule is C=C(C)C(N)c1ccc(F)cn1. The van der Waals surface area contributed by atoms with Gasteiger partial charge in [0.25, 0.3) is 0 Å². The van der Waals surface area contributed by atoms with Crippen molar-refractivity contribution in [3.63, 3.8) is 0 Å². The molecule has 0 saturated carbocycles. The van der Waals surface area contributed by atoms with Crippen molar-refractivity contribution >= 4 is 0 Å². The number of hydrogen-bond acceptors (Lipinski definition) is 2. The van der Waals surface area contributed by atoms with Gasteiger partial charge in [-0.2, -0.15) is 0 Å². The largest absolute Gasteiger partial charge is 0.319 e. The van der Waals surface area contributed by atoms with Crippen molar-refractivity contribution in [2.45, 2.75) is 13.0 Å². The van der Waals surface area contributed by atoms with Crippen LogP contribution < -0.4 is 5.73 Å². The minimum absolute atomic E-state index is 0.300. The van der Waals surface area contributed by atoms with Crippen LogP contribution in [0.5, 0.6) is 0 Å². The van der Waals surface area contributed by atoms with E-state index in [-0.39, 0.29) is 11.9 Å². The van der Waals surface area contributed by atoms with Crippen molar-refractivity contribution in [3.05, 3.63) is 42.0 Å². The molecule has 0 fully saturated rings. The summed E-state index contributed by atoms with van der Waals surface area (Å²) in [4.78, 5) is 3.84. The molecule has 64 valence electrons. The van der Waals surface area contributed by atoms with Crippen LogP contribution in [0.15, 0.2) is 30.5 Å². The number of nitrogens with zero attached hydrogens (tertiary/aromatic N) is 1. The number of pyridine rings is 1. The molecule has 12 heavy (non-hydrogen) atoms. The predicted molar refractivity (Wildman–Crippen MR) is 45.9 cm³/mol. The zero-order valence-electron chi connectivity index (χ0n) is 6.92. The maximum Gasteiger partial charge on any atom is 0.141 e. The van der Waals surface area contributed by atoms with E-state index >= 15 is 0 Å². The van der Waals surface area contributed by atoms with Crippen LogP contribution in [0.2, 0.25) is 0 Å². The molecule has 1 unspecified atom stereocenters. The van der Waals surface area contributed by atoms with Gasteiger partial charge in [-0.1, -0.05) is 12.2 Å². The highest BCUT2D eigenvalue weighted by Crippen LogP contribution is 2.14. The van der Waals surface area contributed by atoms with Crippen LogP contribution in [0.3, 0.4) is 0 Å². The van der Waals surface area contributed by atoms with Crippen molar-refractivity contribution < 1.29 is 4.39 Å². The Morgan fingerprint density at radius 1 is 1.67 bits per heavy atom. The maximum atomic E-state index is 12.4. The second kappa shape index (κ2) is 3.45. The molecule has 0 aliphatic heterocycles. The molecule has 3 heteroatoms. The van der Waals surface area contributed by atoms with Crippen molar-refractivity contribution in [2.75, 3.05) is 0 Å². The average molecular weight is 166 g/mol. The van der Waals surface area contributed by atoms with Crippen molar-refractivity contribution in [1.29, 1.82) is 0 Å². The summed E-state index contributed by atoms with van der Waals surface area (Å²) < 4.78 is 12.4. The minimum atomic E-state index is -0.354. The second-order valence-electron chi connectivity index (χ2n) is 2.73. The number of aromatic nitrogens is 1. The van der Waals surface area contributed by atoms with Crippen LogP contribution >= 0.6 is 0 Å². The highest BCUT2D eigenvalue weighted by molar-refractivity contribution is 5.18. The lowest BCUT2D eigenvalue weighted by Crippen LogP contribution is -2.12. The number of nitrogens with two attached hydrogens (primary N) is 1. The molecule has 0 aliphatic carbocycles. The smallest absolute Gasteiger partial charge is 0.141 e. The van der Waals surface area contributed by atoms with E-state index in [0.29, 0.717) is 5.69 Å². The van der Waals surface area contributed by atoms with Crippen molar-refractivity contribution in [2.24, 2.45) is 5.73 Å². The monoisotopic (exact) mass is 166 g/mol. The molecule has 0 radical (unpaired) electrons. The van der Waals surface area contributed by atoms with E-state index in [1.54, 1.807) is 6.07 Å². The fraction of sp³-hybridized carbons (Fsp3) is 0.222. The van der Waals surface area contributed by atoms with Crippen molar-refractivity contribution in [1.82, 2.24) is 4.98 Å². The van der Waals surface area contributed by atoms with Gasteiger partial charge in [0.1, 0.15) is 5.82 Å². The van der Waals surface area contributed by atoms with E-state index in [0.717, 1.165) is 11.8 Å². The Morgan fingerprint density at radius 3 is 2.75 bits per heavy atom. The molecule has 0 aromatic carbocycles. The molecule has 0 saturated heterocycles. The molecule has 0 spiro atoms. The molecule has 0 amide bonds. The fourth-order valence-electron chi connectivity index (χ4n) is 0.824. The lowest BCUT2D eigenvalue weighted by Gasteiger charge is -2.09. The topological polar surface area (TPSA) is 38.9 Å². The van der Waals surface area contributed by atoms with Gasteiger partial charge in [-0.3, -0.25) is 4.98 Å². The zero-order chi connectivity index (χ0) is 9.14. The van der Waals surface area contributed by atoms with Gasteiger partial charge in [0.15, 0.2) is 0 Å². The van der Waals surface area contributed by atoms with Gasteiger partial charge in [-0.25, -0.2) is 4.39 Å². The van der Waals surface area contributed by atoms with Crippen LogP contribution in [0.4, 0.5) is 4.39 Å². The Hall–Kier alpha value is -1.22. The summed E-state index contributed by atoms with van der Waals surface area (Å²) in [6, 6.07) is 2.60. The summed E-state index contributed by atoms with van der Waals surface area (Å²) in [6.45, 7) is 5.51. The maximum absolute atomic E-state index is 12.4. The van der Waals surface area contributed by atoms with Crippen molar-refractivity contribution in [3.8, 4) is 0 Å². The highest BCUT2D eigenvalue weighted by atomic mass is 19.1. The van der Waals surface area contributed by atoms with Crippen LogP contribution in [0, 0.1) is 5.82 Å². The number of rotatable bonds is 2. The summed E-state index contributed by atoms with van der Waals surface area (Å²) in [6.07, 6.45) is 1.15. The fourth-order valence-corrected chi connectivity index (χ4v) is 0.824. The molecule has 1 rings (SSSR count). The Labute approximate surface area is 70.9 Å². The highest BCUT2D eigenvalue weighted by Gasteiger charge is 2.06. The lowest BCUT2D eigenvalue weighted by atomic mass is 10.1. The Balaban J connectivity index is 2.89. The first kappa shape index (κ1) is 8.87. The predicted octanol–water partition coefficient (Wildman–Crippen LogP) is 1.80. The first-order chi connectivity index (χ1) is 5.61. The van der Waals surface area contributed by atoms with Gasteiger partial charge in [0, 0.05) is 0 Å². The molecule has 1 atom stereocenters. The number of hydrogen-bond donors (Lipinski definition) is 1. The van der Waals surface area contributed by atoms with E-state index in [1.807, 2.05) is 6.92 Å². The third-order valence-corrected chi connectivity index (χ3v) is 1.60. The second-order valence-corrected chi connectivity index (χ2v) is 2.73. The van der Waals surface area contributed by atoms with Crippen LogP contribution in [0.25, 0.3) is 0 Å². The van der Waals surface area contributed by atoms with Gasteiger partial charge in [-0.15, -0.1) is 0 Å². The summed E-state index contributed by atoms with van der Waals surface area (Å²) in [5.41, 5.74) is 7.16. The summed E-state index contributed by atoms with van der Waals surface area (Å²) in [5.74, 6) is -0.354. The Morgan fingerprint density at radius 2 is 2.33 bits per heavy atom. The van der Waals surface area contributed by atoms with Gasteiger partial charge in [-0.05, 0) is 19.1 Å². The molecule has 1 aromatic heterocycles. The first-order valence-corrected chi connectivity index (χ1v) is 3.63. The van der Waals surface area contributed by atoms with Gasteiger partial charge in [0.05, 0.1) is 17.9 Å². The van der Waals surface area contributed by atoms with E-state index in [4.69, 9.17) is 5.73 Å². The summed E-state index contributed by atoms with van der Waals surface area (Å²) >= 11 is 0. The van der Waals surface area contributed by atoms with Crippen LogP contribution in [-0.2, 0) is 0 Å². The Kier molecular flexibility index (Phi) is 2.55. The van der Waals surface area contributed by atoms with Gasteiger partial charge >= 0.3 is 0 Å². The number of halogens is 1. The van der Waals surface area contributed by atoms with Gasteiger partial charge < -0.3 is 5.73 Å². The van der Waals surface area contributed by atoms with E-state index in [9.17, 15) is 4.39 Å². The van der Waals surface area contributed by atoms with E-state index in [2.05, 4.69) is 11.6 Å². The molecule has 2 nitrogen and oxygen atoms in total. The van der Waals surface area contributed by atoms with Crippen LogP contribution in [-0.4, -0.2) is 4.98 Å². The first-order valence-electron chi connectivity index (χ1n) is 3.63. The lowest BCUT2D eigenvalue weighted by molar-refractivity contribution is 0.617. The van der Waals surface area contributed by atoms with E-state index in [1.165, 1.54) is 6.07 Å². The quantitative estimate of drug-likeness (QED) is 0.680. The summed E-state index contributed by atoms with van der Waals surface area (Å²) in [7, 11) is 0. The molecular formula is C9H11FN2. The normalized spacial score (nSPS) is 12.6. The molecule has 0 aliphatic rings. The van der Waals surface area contributed by atoms with E-state index < -0.39 is 0 Å². The molecule has 0 bridgehead atoms. The molecule has 2 N–H and O–H groups in total.